The van der Waals surface area contributed by atoms with Gasteiger partial charge in [-0.3, -0.25) is 10.1 Å². The lowest BCUT2D eigenvalue weighted by Gasteiger charge is -2.30. The van der Waals surface area contributed by atoms with Crippen LogP contribution in [0.4, 0.5) is 6.01 Å². The fourth-order valence-electron chi connectivity index (χ4n) is 3.23. The maximum Gasteiger partial charge on any atom is 0.322 e. The molecule has 29 heavy (non-hydrogen) atoms. The lowest BCUT2D eigenvalue weighted by Crippen LogP contribution is -2.39. The number of carbonyl (C=O) groups excluding carboxylic acids is 1. The summed E-state index contributed by atoms with van der Waals surface area (Å²) in [6.45, 7) is 3.10. The van der Waals surface area contributed by atoms with Crippen molar-refractivity contribution < 1.29 is 17.6 Å². The van der Waals surface area contributed by atoms with Gasteiger partial charge in [-0.1, -0.05) is 18.1 Å². The van der Waals surface area contributed by atoms with Crippen molar-refractivity contribution in [1.82, 2.24) is 14.5 Å². The van der Waals surface area contributed by atoms with Crippen molar-refractivity contribution in [3.05, 3.63) is 47.3 Å². The van der Waals surface area contributed by atoms with Gasteiger partial charge in [-0.05, 0) is 54.5 Å². The van der Waals surface area contributed by atoms with Crippen LogP contribution in [0.1, 0.15) is 30.1 Å². The first-order valence-corrected chi connectivity index (χ1v) is 11.5. The number of sulfonamides is 1. The number of piperidine rings is 1. The molecule has 0 radical (unpaired) electrons. The number of nitrogens with one attached hydrogen (secondary N) is 1. The third kappa shape index (κ3) is 4.24. The Labute approximate surface area is 172 Å². The number of amides is 1. The second kappa shape index (κ2) is 8.05. The van der Waals surface area contributed by atoms with Crippen LogP contribution < -0.4 is 5.32 Å². The van der Waals surface area contributed by atoms with Crippen LogP contribution in [0.3, 0.4) is 0 Å². The molecule has 3 heterocycles. The normalized spacial score (nSPS) is 17.9. The number of benzene rings is 1. The number of hydrogen-bond donors (Lipinski definition) is 1. The Morgan fingerprint density at radius 2 is 2.03 bits per heavy atom. The third-order valence-corrected chi connectivity index (χ3v) is 7.49. The molecule has 1 amide bonds. The largest absolute Gasteiger partial charge is 0.402 e. The first-order chi connectivity index (χ1) is 13.9. The van der Waals surface area contributed by atoms with Crippen molar-refractivity contribution in [2.75, 3.05) is 18.4 Å². The molecule has 152 valence electrons. The minimum atomic E-state index is -3.56. The first-order valence-electron chi connectivity index (χ1n) is 9.22. The van der Waals surface area contributed by atoms with Crippen LogP contribution in [0.25, 0.3) is 10.8 Å². The van der Waals surface area contributed by atoms with Crippen LogP contribution in [0, 0.1) is 5.92 Å². The van der Waals surface area contributed by atoms with Gasteiger partial charge in [0.05, 0.1) is 9.77 Å². The molecule has 0 spiro atoms. The number of thiophene rings is 1. The van der Waals surface area contributed by atoms with Crippen LogP contribution in [0.2, 0.25) is 0 Å². The SMILES string of the molecule is C[C@H]1CCCN(S(=O)(=O)c2ccc(C(=O)Nc3nnc(-c4cccs4)o3)cc2)C1. The van der Waals surface area contributed by atoms with Gasteiger partial charge in [0.1, 0.15) is 0 Å². The highest BCUT2D eigenvalue weighted by Crippen LogP contribution is 2.25. The molecule has 2 aromatic heterocycles. The molecular formula is C19H20N4O4S2. The van der Waals surface area contributed by atoms with Crippen molar-refractivity contribution >= 4 is 33.3 Å². The van der Waals surface area contributed by atoms with Crippen LogP contribution in [-0.4, -0.2) is 41.9 Å². The van der Waals surface area contributed by atoms with E-state index in [9.17, 15) is 13.2 Å². The second-order valence-electron chi connectivity index (χ2n) is 6.98. The van der Waals surface area contributed by atoms with Crippen molar-refractivity contribution in [1.29, 1.82) is 0 Å². The van der Waals surface area contributed by atoms with Crippen molar-refractivity contribution in [3.63, 3.8) is 0 Å². The third-order valence-electron chi connectivity index (χ3n) is 4.75. The molecule has 4 rings (SSSR count). The molecule has 1 N–H and O–H groups in total. The van der Waals surface area contributed by atoms with Crippen LogP contribution in [-0.2, 0) is 10.0 Å². The highest BCUT2D eigenvalue weighted by molar-refractivity contribution is 7.89. The number of rotatable bonds is 5. The predicted octanol–water partition coefficient (Wildman–Crippen LogP) is 3.47. The number of carbonyl (C=O) groups is 1. The van der Waals surface area contributed by atoms with E-state index >= 15 is 0 Å². The maximum absolute atomic E-state index is 12.8. The van der Waals surface area contributed by atoms with Crippen LogP contribution in [0.15, 0.2) is 51.1 Å². The predicted molar refractivity (Wildman–Crippen MR) is 109 cm³/mol. The maximum atomic E-state index is 12.8. The molecule has 10 heteroatoms. The van der Waals surface area contributed by atoms with E-state index in [0.29, 0.717) is 30.5 Å². The summed E-state index contributed by atoms with van der Waals surface area (Å²) >= 11 is 1.45. The fourth-order valence-corrected chi connectivity index (χ4v) is 5.48. The van der Waals surface area contributed by atoms with E-state index in [1.54, 1.807) is 0 Å². The lowest BCUT2D eigenvalue weighted by molar-refractivity contribution is 0.102. The number of nitrogens with zero attached hydrogens (tertiary/aromatic N) is 3. The van der Waals surface area contributed by atoms with Gasteiger partial charge in [-0.2, -0.15) is 4.31 Å². The number of anilines is 1. The molecule has 1 saturated heterocycles. The molecule has 1 fully saturated rings. The summed E-state index contributed by atoms with van der Waals surface area (Å²) in [4.78, 5) is 13.4. The van der Waals surface area contributed by atoms with Gasteiger partial charge in [0, 0.05) is 18.7 Å². The topological polar surface area (TPSA) is 105 Å². The summed E-state index contributed by atoms with van der Waals surface area (Å²) in [5.41, 5.74) is 0.298. The Bertz CT molecular complexity index is 1090. The van der Waals surface area contributed by atoms with Crippen molar-refractivity contribution in [2.24, 2.45) is 5.92 Å². The van der Waals surface area contributed by atoms with E-state index in [1.165, 1.54) is 39.9 Å². The molecular weight excluding hydrogens is 412 g/mol. The Morgan fingerprint density at radius 1 is 1.24 bits per heavy atom. The Morgan fingerprint density at radius 3 is 2.72 bits per heavy atom. The zero-order valence-corrected chi connectivity index (χ0v) is 17.4. The molecule has 0 unspecified atom stereocenters. The number of aromatic nitrogens is 2. The summed E-state index contributed by atoms with van der Waals surface area (Å²) in [6.07, 6.45) is 1.90. The van der Waals surface area contributed by atoms with Gasteiger partial charge in [-0.15, -0.1) is 16.4 Å². The van der Waals surface area contributed by atoms with Gasteiger partial charge >= 0.3 is 6.01 Å². The molecule has 1 aliphatic heterocycles. The molecule has 0 aliphatic carbocycles. The van der Waals surface area contributed by atoms with E-state index < -0.39 is 15.9 Å². The van der Waals surface area contributed by atoms with E-state index in [1.807, 2.05) is 17.5 Å². The second-order valence-corrected chi connectivity index (χ2v) is 9.86. The Balaban J connectivity index is 1.45. The molecule has 8 nitrogen and oxygen atoms in total. The molecule has 1 aromatic carbocycles. The van der Waals surface area contributed by atoms with Gasteiger partial charge in [0.25, 0.3) is 11.8 Å². The minimum Gasteiger partial charge on any atom is -0.402 e. The van der Waals surface area contributed by atoms with Gasteiger partial charge in [0.2, 0.25) is 10.0 Å². The summed E-state index contributed by atoms with van der Waals surface area (Å²) in [5.74, 6) is 0.214. The highest BCUT2D eigenvalue weighted by Gasteiger charge is 2.28. The molecule has 0 bridgehead atoms. The highest BCUT2D eigenvalue weighted by atomic mass is 32.2. The van der Waals surface area contributed by atoms with Crippen molar-refractivity contribution in [2.45, 2.75) is 24.7 Å². The van der Waals surface area contributed by atoms with Gasteiger partial charge in [0.15, 0.2) is 0 Å². The Kier molecular flexibility index (Phi) is 5.48. The summed E-state index contributed by atoms with van der Waals surface area (Å²) in [7, 11) is -3.56. The van der Waals surface area contributed by atoms with Crippen molar-refractivity contribution in [3.8, 4) is 10.8 Å². The average Bonchev–Trinajstić information content (AvgIpc) is 3.40. The monoisotopic (exact) mass is 432 g/mol. The molecule has 1 atom stereocenters. The van der Waals surface area contributed by atoms with E-state index in [-0.39, 0.29) is 10.9 Å². The smallest absolute Gasteiger partial charge is 0.322 e. The fraction of sp³-hybridized carbons (Fsp3) is 0.316. The zero-order valence-electron chi connectivity index (χ0n) is 15.7. The first kappa shape index (κ1) is 19.7. The number of hydrogen-bond acceptors (Lipinski definition) is 7. The van der Waals surface area contributed by atoms with Gasteiger partial charge in [-0.25, -0.2) is 8.42 Å². The standard InChI is InChI=1S/C19H20N4O4S2/c1-13-4-2-10-23(12-13)29(25,26)15-8-6-14(7-9-15)17(24)20-19-22-21-18(27-19)16-5-3-11-28-16/h3,5-9,11,13H,2,4,10,12H2,1H3,(H,20,22,24)/t13-/m0/s1. The van der Waals surface area contributed by atoms with Crippen LogP contribution >= 0.6 is 11.3 Å². The minimum absolute atomic E-state index is 0.0163. The van der Waals surface area contributed by atoms with E-state index in [2.05, 4.69) is 22.4 Å². The van der Waals surface area contributed by atoms with E-state index in [0.717, 1.165) is 17.7 Å². The summed E-state index contributed by atoms with van der Waals surface area (Å²) in [6, 6.07) is 9.55. The molecule has 0 saturated carbocycles. The summed E-state index contributed by atoms with van der Waals surface area (Å²) < 4.78 is 32.6. The summed E-state index contributed by atoms with van der Waals surface area (Å²) in [5, 5.41) is 12.1. The average molecular weight is 433 g/mol. The Hall–Kier alpha value is -2.56. The molecule has 3 aromatic rings. The van der Waals surface area contributed by atoms with Crippen LogP contribution in [0.5, 0.6) is 0 Å². The lowest BCUT2D eigenvalue weighted by atomic mass is 10.0. The van der Waals surface area contributed by atoms with E-state index in [4.69, 9.17) is 4.42 Å². The molecule has 1 aliphatic rings. The zero-order chi connectivity index (χ0) is 20.4. The van der Waals surface area contributed by atoms with Gasteiger partial charge < -0.3 is 4.42 Å². The quantitative estimate of drug-likeness (QED) is 0.662.